The first-order chi connectivity index (χ1) is 17.1. The van der Waals surface area contributed by atoms with Crippen LogP contribution in [0.4, 0.5) is 5.69 Å². The van der Waals surface area contributed by atoms with Gasteiger partial charge in [0.2, 0.25) is 5.91 Å². The fourth-order valence-electron chi connectivity index (χ4n) is 4.27. The lowest BCUT2D eigenvalue weighted by molar-refractivity contribution is -0.138. The molecule has 1 aliphatic heterocycles. The van der Waals surface area contributed by atoms with Gasteiger partial charge < -0.3 is 30.2 Å². The van der Waals surface area contributed by atoms with E-state index in [1.165, 1.54) is 0 Å². The smallest absolute Gasteiger partial charge is 0.256 e. The quantitative estimate of drug-likeness (QED) is 0.486. The van der Waals surface area contributed by atoms with Gasteiger partial charge in [0.15, 0.2) is 11.5 Å². The lowest BCUT2D eigenvalue weighted by atomic mass is 9.94. The number of halogens is 1. The molecule has 2 aromatic carbocycles. The van der Waals surface area contributed by atoms with Crippen LogP contribution >= 0.6 is 11.6 Å². The van der Waals surface area contributed by atoms with Crippen LogP contribution in [0.3, 0.4) is 0 Å². The van der Waals surface area contributed by atoms with E-state index in [0.717, 1.165) is 0 Å². The minimum atomic E-state index is -1.03. The van der Waals surface area contributed by atoms with Crippen LogP contribution in [0.5, 0.6) is 11.5 Å². The normalized spacial score (nSPS) is 17.9. The van der Waals surface area contributed by atoms with Gasteiger partial charge in [-0.25, -0.2) is 0 Å². The molecular weight excluding hydrogens is 482 g/mol. The number of rotatable bonds is 9. The van der Waals surface area contributed by atoms with Crippen molar-refractivity contribution in [1.29, 1.82) is 0 Å². The van der Waals surface area contributed by atoms with Crippen molar-refractivity contribution in [1.82, 2.24) is 5.32 Å². The Morgan fingerprint density at radius 3 is 2.56 bits per heavy atom. The first kappa shape index (κ1) is 27.8. The fourth-order valence-corrected chi connectivity index (χ4v) is 4.45. The predicted octanol–water partition coefficient (Wildman–Crippen LogP) is 4.08. The van der Waals surface area contributed by atoms with Gasteiger partial charge in [-0.3, -0.25) is 9.59 Å². The van der Waals surface area contributed by atoms with E-state index < -0.39 is 12.2 Å². The average Bonchev–Trinajstić information content (AvgIpc) is 2.93. The Labute approximate surface area is 218 Å². The van der Waals surface area contributed by atoms with Crippen LogP contribution in [0.25, 0.3) is 0 Å². The maximum Gasteiger partial charge on any atom is 0.256 e. The summed E-state index contributed by atoms with van der Waals surface area (Å²) in [6, 6.07) is 10.9. The zero-order valence-electron chi connectivity index (χ0n) is 21.6. The summed E-state index contributed by atoms with van der Waals surface area (Å²) in [6.07, 6.45) is -1.25. The summed E-state index contributed by atoms with van der Waals surface area (Å²) < 4.78 is 17.7. The Morgan fingerprint density at radius 1 is 1.17 bits per heavy atom. The molecule has 0 fully saturated rings. The molecule has 3 rings (SSSR count). The number of hydrogen-bond acceptors (Lipinski definition) is 6. The van der Waals surface area contributed by atoms with Crippen LogP contribution in [0.2, 0.25) is 5.02 Å². The van der Waals surface area contributed by atoms with Crippen LogP contribution in [-0.2, 0) is 14.3 Å². The standard InChI is InChI=1S/C27H36ClN3O5/c1-27(2,3)16-31-20-11-10-17(28)14-19(20)24(18-8-6-9-21(34-4)25(18)35-5)36-22(26(31)33)15-23(32)30-13-7-12-29/h6,8-11,14,22,24H,7,12-13,15-16,29H2,1-5H3,(H,30,32)/t22-,24-/m1/s1. The maximum atomic E-state index is 13.9. The summed E-state index contributed by atoms with van der Waals surface area (Å²) in [6.45, 7) is 7.49. The van der Waals surface area contributed by atoms with Gasteiger partial charge in [0, 0.05) is 34.9 Å². The number of nitrogens with one attached hydrogen (secondary N) is 1. The molecule has 9 heteroatoms. The third-order valence-corrected chi connectivity index (χ3v) is 6.06. The molecule has 1 aliphatic rings. The summed E-state index contributed by atoms with van der Waals surface area (Å²) in [4.78, 5) is 28.4. The number of fused-ring (bicyclic) bond motifs is 1. The number of para-hydroxylation sites is 1. The SMILES string of the molecule is COc1cccc([C@H]2O[C@H](CC(=O)NCCCN)C(=O)N(CC(C)(C)C)c3ccc(Cl)cc32)c1OC. The number of amides is 2. The van der Waals surface area contributed by atoms with E-state index in [2.05, 4.69) is 26.1 Å². The molecule has 36 heavy (non-hydrogen) atoms. The highest BCUT2D eigenvalue weighted by Gasteiger charge is 2.40. The Kier molecular flexibility index (Phi) is 9.22. The van der Waals surface area contributed by atoms with Gasteiger partial charge in [-0.1, -0.05) is 44.5 Å². The monoisotopic (exact) mass is 517 g/mol. The predicted molar refractivity (Wildman–Crippen MR) is 141 cm³/mol. The van der Waals surface area contributed by atoms with Crippen LogP contribution < -0.4 is 25.4 Å². The zero-order chi connectivity index (χ0) is 26.5. The van der Waals surface area contributed by atoms with Crippen LogP contribution in [0.15, 0.2) is 36.4 Å². The minimum absolute atomic E-state index is 0.130. The third-order valence-electron chi connectivity index (χ3n) is 5.83. The molecule has 0 bridgehead atoms. The molecule has 8 nitrogen and oxygen atoms in total. The minimum Gasteiger partial charge on any atom is -0.493 e. The number of carbonyl (C=O) groups excluding carboxylic acids is 2. The van der Waals surface area contributed by atoms with Crippen molar-refractivity contribution < 1.29 is 23.8 Å². The highest BCUT2D eigenvalue weighted by molar-refractivity contribution is 6.30. The molecule has 2 atom stereocenters. The lowest BCUT2D eigenvalue weighted by Gasteiger charge is -2.31. The van der Waals surface area contributed by atoms with Gasteiger partial charge in [-0.05, 0) is 42.6 Å². The van der Waals surface area contributed by atoms with E-state index in [9.17, 15) is 9.59 Å². The molecule has 2 aromatic rings. The first-order valence-electron chi connectivity index (χ1n) is 12.0. The number of nitrogens with two attached hydrogens (primary N) is 1. The van der Waals surface area contributed by atoms with Gasteiger partial charge in [0.25, 0.3) is 5.91 Å². The Balaban J connectivity index is 2.15. The van der Waals surface area contributed by atoms with Crippen LogP contribution in [-0.4, -0.2) is 51.8 Å². The van der Waals surface area contributed by atoms with Crippen molar-refractivity contribution in [2.75, 3.05) is 38.8 Å². The van der Waals surface area contributed by atoms with Crippen molar-refractivity contribution in [2.45, 2.75) is 45.8 Å². The van der Waals surface area contributed by atoms with Crippen LogP contribution in [0, 0.1) is 5.41 Å². The third kappa shape index (κ3) is 6.49. The number of benzene rings is 2. The molecule has 0 aromatic heterocycles. The second kappa shape index (κ2) is 12.0. The number of anilines is 1. The van der Waals surface area contributed by atoms with E-state index in [-0.39, 0.29) is 23.7 Å². The van der Waals surface area contributed by atoms with Gasteiger partial charge in [0.1, 0.15) is 12.2 Å². The number of nitrogens with zero attached hydrogens (tertiary/aromatic N) is 1. The van der Waals surface area contributed by atoms with E-state index in [1.807, 2.05) is 18.2 Å². The number of ether oxygens (including phenoxy) is 3. The van der Waals surface area contributed by atoms with E-state index in [1.54, 1.807) is 37.3 Å². The molecule has 2 amide bonds. The van der Waals surface area contributed by atoms with Crippen LogP contribution in [0.1, 0.15) is 50.8 Å². The summed E-state index contributed by atoms with van der Waals surface area (Å²) >= 11 is 6.43. The highest BCUT2D eigenvalue weighted by Crippen LogP contribution is 2.45. The van der Waals surface area contributed by atoms with Gasteiger partial charge in [0.05, 0.1) is 20.6 Å². The first-order valence-corrected chi connectivity index (χ1v) is 12.4. The molecule has 0 saturated heterocycles. The second-order valence-electron chi connectivity index (χ2n) is 9.97. The van der Waals surface area contributed by atoms with Gasteiger partial charge in [-0.2, -0.15) is 0 Å². The van der Waals surface area contributed by atoms with E-state index in [0.29, 0.717) is 59.4 Å². The molecule has 0 unspecified atom stereocenters. The fraction of sp³-hybridized carbons (Fsp3) is 0.481. The largest absolute Gasteiger partial charge is 0.493 e. The second-order valence-corrected chi connectivity index (χ2v) is 10.4. The average molecular weight is 518 g/mol. The molecule has 0 aliphatic carbocycles. The lowest BCUT2D eigenvalue weighted by Crippen LogP contribution is -2.45. The van der Waals surface area contributed by atoms with Crippen molar-refractivity contribution in [2.24, 2.45) is 11.1 Å². The molecule has 196 valence electrons. The van der Waals surface area contributed by atoms with Crippen molar-refractivity contribution >= 4 is 29.1 Å². The molecule has 0 saturated carbocycles. The molecule has 0 spiro atoms. The summed E-state index contributed by atoms with van der Waals surface area (Å²) in [5, 5.41) is 3.33. The Morgan fingerprint density at radius 2 is 1.92 bits per heavy atom. The topological polar surface area (TPSA) is 103 Å². The molecule has 3 N–H and O–H groups in total. The summed E-state index contributed by atoms with van der Waals surface area (Å²) in [5.41, 5.74) is 7.38. The van der Waals surface area contributed by atoms with E-state index in [4.69, 9.17) is 31.5 Å². The Hall–Kier alpha value is -2.81. The summed E-state index contributed by atoms with van der Waals surface area (Å²) in [5.74, 6) is 0.448. The number of carbonyl (C=O) groups is 2. The molecule has 1 heterocycles. The van der Waals surface area contributed by atoms with Crippen molar-refractivity contribution in [3.63, 3.8) is 0 Å². The van der Waals surface area contributed by atoms with Gasteiger partial charge in [-0.15, -0.1) is 0 Å². The summed E-state index contributed by atoms with van der Waals surface area (Å²) in [7, 11) is 3.11. The van der Waals surface area contributed by atoms with Crippen molar-refractivity contribution in [3.05, 3.63) is 52.5 Å². The zero-order valence-corrected chi connectivity index (χ0v) is 22.4. The van der Waals surface area contributed by atoms with Crippen molar-refractivity contribution in [3.8, 4) is 11.5 Å². The maximum absolute atomic E-state index is 13.9. The van der Waals surface area contributed by atoms with E-state index >= 15 is 0 Å². The Bertz CT molecular complexity index is 1090. The molecular formula is C27H36ClN3O5. The number of hydrogen-bond donors (Lipinski definition) is 2. The van der Waals surface area contributed by atoms with Gasteiger partial charge >= 0.3 is 0 Å². The highest BCUT2D eigenvalue weighted by atomic mass is 35.5. The number of methoxy groups -OCH3 is 2. The molecule has 0 radical (unpaired) electrons.